The van der Waals surface area contributed by atoms with Gasteiger partial charge in [0.25, 0.3) is 0 Å². The Bertz CT molecular complexity index is 313. The molecule has 0 amide bonds. The maximum absolute atomic E-state index is 5.60. The Hall–Kier alpha value is -0.450. The van der Waals surface area contributed by atoms with Crippen LogP contribution in [0.3, 0.4) is 0 Å². The van der Waals surface area contributed by atoms with Crippen LogP contribution in [0.25, 0.3) is 0 Å². The third-order valence-electron chi connectivity index (χ3n) is 2.62. The molecule has 2 heterocycles. The van der Waals surface area contributed by atoms with Gasteiger partial charge in [0.05, 0.1) is 13.1 Å². The number of nitrogens with zero attached hydrogens (tertiary/aromatic N) is 1. The average Bonchev–Trinajstić information content (AvgIpc) is 2.65. The predicted molar refractivity (Wildman–Crippen MR) is 63.8 cm³/mol. The summed E-state index contributed by atoms with van der Waals surface area (Å²) >= 11 is 2.05. The van der Waals surface area contributed by atoms with Gasteiger partial charge in [-0.05, 0) is 12.1 Å². The summed E-state index contributed by atoms with van der Waals surface area (Å²) in [5, 5.41) is 0.739. The maximum atomic E-state index is 5.60. The van der Waals surface area contributed by atoms with Crippen LogP contribution < -0.4 is 5.73 Å². The Kier molecular flexibility index (Phi) is 3.72. The van der Waals surface area contributed by atoms with E-state index in [1.54, 1.807) is 0 Å². The van der Waals surface area contributed by atoms with Crippen LogP contribution in [0.15, 0.2) is 16.5 Å². The molecular weight excluding hydrogens is 208 g/mol. The molecule has 0 spiro atoms. The Labute approximate surface area is 95.0 Å². The van der Waals surface area contributed by atoms with Gasteiger partial charge >= 0.3 is 0 Å². The maximum Gasteiger partial charge on any atom is 0.118 e. The first-order valence-electron chi connectivity index (χ1n) is 5.39. The zero-order valence-electron chi connectivity index (χ0n) is 9.11. The van der Waals surface area contributed by atoms with E-state index < -0.39 is 0 Å². The fourth-order valence-corrected chi connectivity index (χ4v) is 2.95. The molecule has 2 N–H and O–H groups in total. The molecular formula is C11H18N2OS. The Morgan fingerprint density at radius 1 is 1.53 bits per heavy atom. The van der Waals surface area contributed by atoms with Crippen LogP contribution in [-0.4, -0.2) is 29.0 Å². The molecule has 3 nitrogen and oxygen atoms in total. The molecule has 1 atom stereocenters. The third-order valence-corrected chi connectivity index (χ3v) is 3.76. The summed E-state index contributed by atoms with van der Waals surface area (Å²) in [6.07, 6.45) is 0. The number of thioether (sulfide) groups is 1. The summed E-state index contributed by atoms with van der Waals surface area (Å²) in [5.74, 6) is 3.14. The van der Waals surface area contributed by atoms with Crippen molar-refractivity contribution in [2.45, 2.75) is 25.3 Å². The molecule has 1 aliphatic heterocycles. The van der Waals surface area contributed by atoms with Gasteiger partial charge in [-0.15, -0.1) is 0 Å². The molecule has 15 heavy (non-hydrogen) atoms. The predicted octanol–water partition coefficient (Wildman–Crippen LogP) is 1.68. The van der Waals surface area contributed by atoms with E-state index in [-0.39, 0.29) is 0 Å². The molecule has 0 radical (unpaired) electrons. The molecule has 1 fully saturated rings. The van der Waals surface area contributed by atoms with E-state index in [0.29, 0.717) is 6.54 Å². The summed E-state index contributed by atoms with van der Waals surface area (Å²) in [4.78, 5) is 2.44. The zero-order valence-corrected chi connectivity index (χ0v) is 9.93. The highest BCUT2D eigenvalue weighted by Gasteiger charge is 2.17. The van der Waals surface area contributed by atoms with Gasteiger partial charge in [0.2, 0.25) is 0 Å². The lowest BCUT2D eigenvalue weighted by atomic mass is 10.3. The van der Waals surface area contributed by atoms with Crippen LogP contribution in [0.5, 0.6) is 0 Å². The minimum Gasteiger partial charge on any atom is -0.463 e. The van der Waals surface area contributed by atoms with Crippen molar-refractivity contribution in [3.63, 3.8) is 0 Å². The van der Waals surface area contributed by atoms with Gasteiger partial charge in [-0.25, -0.2) is 0 Å². The summed E-state index contributed by atoms with van der Waals surface area (Å²) in [7, 11) is 0. The molecule has 0 aliphatic carbocycles. The Morgan fingerprint density at radius 3 is 3.00 bits per heavy atom. The van der Waals surface area contributed by atoms with Crippen LogP contribution in [0.4, 0.5) is 0 Å². The second-order valence-corrected chi connectivity index (χ2v) is 5.53. The van der Waals surface area contributed by atoms with Crippen molar-refractivity contribution in [1.29, 1.82) is 0 Å². The molecule has 4 heteroatoms. The fraction of sp³-hybridized carbons (Fsp3) is 0.636. The minimum atomic E-state index is 0.492. The van der Waals surface area contributed by atoms with Crippen molar-refractivity contribution >= 4 is 11.8 Å². The highest BCUT2D eigenvalue weighted by atomic mass is 32.2. The molecule has 84 valence electrons. The number of furan rings is 1. The lowest BCUT2D eigenvalue weighted by Gasteiger charge is -2.29. The summed E-state index contributed by atoms with van der Waals surface area (Å²) < 4.78 is 5.60. The van der Waals surface area contributed by atoms with E-state index in [1.807, 2.05) is 23.9 Å². The van der Waals surface area contributed by atoms with Crippen molar-refractivity contribution in [2.75, 3.05) is 18.8 Å². The van der Waals surface area contributed by atoms with Crippen molar-refractivity contribution in [1.82, 2.24) is 4.90 Å². The van der Waals surface area contributed by atoms with Crippen LogP contribution in [0.1, 0.15) is 18.4 Å². The normalized spacial score (nSPS) is 23.2. The number of hydrogen-bond donors (Lipinski definition) is 1. The lowest BCUT2D eigenvalue weighted by molar-refractivity contribution is 0.252. The van der Waals surface area contributed by atoms with Gasteiger partial charge in [-0.2, -0.15) is 11.8 Å². The second-order valence-electron chi connectivity index (χ2n) is 3.99. The third kappa shape index (κ3) is 3.00. The van der Waals surface area contributed by atoms with Crippen molar-refractivity contribution in [3.05, 3.63) is 23.7 Å². The quantitative estimate of drug-likeness (QED) is 0.851. The first-order valence-corrected chi connectivity index (χ1v) is 6.44. The summed E-state index contributed by atoms with van der Waals surface area (Å²) in [6, 6.07) is 4.01. The van der Waals surface area contributed by atoms with E-state index in [4.69, 9.17) is 10.2 Å². The van der Waals surface area contributed by atoms with Gasteiger partial charge in [-0.3, -0.25) is 4.90 Å². The Balaban J connectivity index is 1.90. The molecule has 0 aromatic carbocycles. The molecule has 1 unspecified atom stereocenters. The first kappa shape index (κ1) is 11.0. The average molecular weight is 226 g/mol. The molecule has 1 aromatic rings. The topological polar surface area (TPSA) is 42.4 Å². The van der Waals surface area contributed by atoms with Gasteiger partial charge < -0.3 is 10.2 Å². The van der Waals surface area contributed by atoms with E-state index in [1.165, 1.54) is 5.75 Å². The van der Waals surface area contributed by atoms with Crippen LogP contribution >= 0.6 is 11.8 Å². The smallest absolute Gasteiger partial charge is 0.118 e. The van der Waals surface area contributed by atoms with Gasteiger partial charge in [-0.1, -0.05) is 6.92 Å². The van der Waals surface area contributed by atoms with Crippen LogP contribution in [0.2, 0.25) is 0 Å². The number of nitrogens with two attached hydrogens (primary N) is 1. The molecule has 1 aliphatic rings. The second kappa shape index (κ2) is 5.05. The molecule has 0 bridgehead atoms. The highest BCUT2D eigenvalue weighted by Crippen LogP contribution is 2.20. The van der Waals surface area contributed by atoms with Crippen LogP contribution in [0, 0.1) is 0 Å². The lowest BCUT2D eigenvalue weighted by Crippen LogP contribution is -2.35. The van der Waals surface area contributed by atoms with Gasteiger partial charge in [0, 0.05) is 24.1 Å². The molecule has 2 rings (SSSR count). The first-order chi connectivity index (χ1) is 7.28. The van der Waals surface area contributed by atoms with Crippen molar-refractivity contribution in [3.8, 4) is 0 Å². The van der Waals surface area contributed by atoms with Crippen LogP contribution in [-0.2, 0) is 13.1 Å². The molecule has 0 saturated carbocycles. The SMILES string of the molecule is CC1CN(Cc2ccc(CN)o2)CCS1. The number of hydrogen-bond acceptors (Lipinski definition) is 4. The highest BCUT2D eigenvalue weighted by molar-refractivity contribution is 7.99. The summed E-state index contributed by atoms with van der Waals surface area (Å²) in [6.45, 7) is 6.01. The number of rotatable bonds is 3. The van der Waals surface area contributed by atoms with E-state index in [2.05, 4.69) is 11.8 Å². The monoisotopic (exact) mass is 226 g/mol. The summed E-state index contributed by atoms with van der Waals surface area (Å²) in [5.41, 5.74) is 5.51. The molecule has 1 saturated heterocycles. The van der Waals surface area contributed by atoms with Gasteiger partial charge in [0.1, 0.15) is 11.5 Å². The van der Waals surface area contributed by atoms with Crippen molar-refractivity contribution in [2.24, 2.45) is 5.73 Å². The Morgan fingerprint density at radius 2 is 2.33 bits per heavy atom. The fourth-order valence-electron chi connectivity index (χ4n) is 1.87. The van der Waals surface area contributed by atoms with Gasteiger partial charge in [0.15, 0.2) is 0 Å². The zero-order chi connectivity index (χ0) is 10.7. The van der Waals surface area contributed by atoms with E-state index in [9.17, 15) is 0 Å². The molecule has 1 aromatic heterocycles. The van der Waals surface area contributed by atoms with Crippen molar-refractivity contribution < 1.29 is 4.42 Å². The van der Waals surface area contributed by atoms with E-state index in [0.717, 1.165) is 36.4 Å². The standard InChI is InChI=1S/C11H18N2OS/c1-9-7-13(4-5-15-9)8-11-3-2-10(6-12)14-11/h2-3,9H,4-8,12H2,1H3. The largest absolute Gasteiger partial charge is 0.463 e. The minimum absolute atomic E-state index is 0.492. The van der Waals surface area contributed by atoms with E-state index >= 15 is 0 Å².